The molecule has 0 amide bonds. The fraction of sp³-hybridized carbons (Fsp3) is 0.500. The molecule has 1 aromatic rings. The lowest BCUT2D eigenvalue weighted by Crippen LogP contribution is -2.25. The average Bonchev–Trinajstić information content (AvgIpc) is 3.11. The Balaban J connectivity index is 2.18. The minimum absolute atomic E-state index is 0.0423. The van der Waals surface area contributed by atoms with Crippen LogP contribution in [0.25, 0.3) is 0 Å². The Bertz CT molecular complexity index is 424. The van der Waals surface area contributed by atoms with Crippen LogP contribution in [0.5, 0.6) is 5.75 Å². The van der Waals surface area contributed by atoms with Crippen LogP contribution < -0.4 is 0 Å². The molecule has 0 radical (unpaired) electrons. The Morgan fingerprint density at radius 1 is 1.47 bits per heavy atom. The lowest BCUT2D eigenvalue weighted by molar-refractivity contribution is 0.101. The highest BCUT2D eigenvalue weighted by atomic mass is 16.3. The molecular formula is C14H19NO2. The van der Waals surface area contributed by atoms with E-state index in [1.165, 1.54) is 12.8 Å². The highest BCUT2D eigenvalue weighted by Crippen LogP contribution is 2.30. The van der Waals surface area contributed by atoms with Crippen molar-refractivity contribution in [2.75, 3.05) is 6.54 Å². The van der Waals surface area contributed by atoms with Crippen molar-refractivity contribution in [3.05, 3.63) is 29.3 Å². The van der Waals surface area contributed by atoms with Crippen LogP contribution in [-0.2, 0) is 6.54 Å². The summed E-state index contributed by atoms with van der Waals surface area (Å²) in [6, 6.07) is 5.77. The zero-order valence-corrected chi connectivity index (χ0v) is 10.4. The van der Waals surface area contributed by atoms with Crippen molar-refractivity contribution in [2.45, 2.75) is 39.3 Å². The van der Waals surface area contributed by atoms with Crippen LogP contribution in [0.2, 0.25) is 0 Å². The van der Waals surface area contributed by atoms with Crippen LogP contribution in [0.1, 0.15) is 42.6 Å². The van der Waals surface area contributed by atoms with Crippen molar-refractivity contribution < 1.29 is 9.90 Å². The van der Waals surface area contributed by atoms with Crippen molar-refractivity contribution in [3.8, 4) is 5.75 Å². The molecule has 1 aliphatic rings. The summed E-state index contributed by atoms with van der Waals surface area (Å²) in [7, 11) is 0. The van der Waals surface area contributed by atoms with E-state index in [-0.39, 0.29) is 11.5 Å². The van der Waals surface area contributed by atoms with Gasteiger partial charge in [0.1, 0.15) is 5.75 Å². The third kappa shape index (κ3) is 2.86. The number of carbonyl (C=O) groups is 1. The van der Waals surface area contributed by atoms with Gasteiger partial charge in [0.25, 0.3) is 0 Å². The summed E-state index contributed by atoms with van der Waals surface area (Å²) in [6.07, 6.45) is 2.50. The summed E-state index contributed by atoms with van der Waals surface area (Å²) in [6.45, 7) is 5.39. The number of carbonyl (C=O) groups excluding carboxylic acids is 1. The Hall–Kier alpha value is -1.35. The van der Waals surface area contributed by atoms with Gasteiger partial charge in [-0.2, -0.15) is 0 Å². The summed E-state index contributed by atoms with van der Waals surface area (Å²) in [5.41, 5.74) is 1.52. The fourth-order valence-electron chi connectivity index (χ4n) is 2.09. The second-order valence-electron chi connectivity index (χ2n) is 4.69. The SMILES string of the molecule is CCN(Cc1cc(C(C)=O)ccc1O)C1CC1. The number of hydrogen-bond donors (Lipinski definition) is 1. The smallest absolute Gasteiger partial charge is 0.159 e. The van der Waals surface area contributed by atoms with Gasteiger partial charge in [-0.05, 0) is 44.5 Å². The molecule has 0 bridgehead atoms. The van der Waals surface area contributed by atoms with Crippen molar-refractivity contribution in [3.63, 3.8) is 0 Å². The maximum Gasteiger partial charge on any atom is 0.159 e. The van der Waals surface area contributed by atoms with Crippen LogP contribution in [0, 0.1) is 0 Å². The molecule has 0 spiro atoms. The first-order valence-electron chi connectivity index (χ1n) is 6.18. The van der Waals surface area contributed by atoms with E-state index in [1.54, 1.807) is 19.1 Å². The Kier molecular flexibility index (Phi) is 3.48. The van der Waals surface area contributed by atoms with Gasteiger partial charge in [-0.1, -0.05) is 6.92 Å². The van der Waals surface area contributed by atoms with Gasteiger partial charge >= 0.3 is 0 Å². The molecule has 1 saturated carbocycles. The van der Waals surface area contributed by atoms with Crippen LogP contribution in [0.15, 0.2) is 18.2 Å². The Morgan fingerprint density at radius 3 is 2.71 bits per heavy atom. The average molecular weight is 233 g/mol. The molecule has 17 heavy (non-hydrogen) atoms. The van der Waals surface area contributed by atoms with Gasteiger partial charge in [0.05, 0.1) is 0 Å². The van der Waals surface area contributed by atoms with Gasteiger partial charge in [0.15, 0.2) is 5.78 Å². The molecule has 1 aromatic carbocycles. The molecule has 0 atom stereocenters. The summed E-state index contributed by atoms with van der Waals surface area (Å²) < 4.78 is 0. The van der Waals surface area contributed by atoms with E-state index in [1.807, 2.05) is 6.07 Å². The topological polar surface area (TPSA) is 40.5 Å². The van der Waals surface area contributed by atoms with E-state index >= 15 is 0 Å². The molecular weight excluding hydrogens is 214 g/mol. The molecule has 1 fully saturated rings. The van der Waals surface area contributed by atoms with Crippen LogP contribution in [0.4, 0.5) is 0 Å². The molecule has 92 valence electrons. The van der Waals surface area contributed by atoms with Crippen LogP contribution in [-0.4, -0.2) is 28.4 Å². The molecule has 0 aliphatic heterocycles. The van der Waals surface area contributed by atoms with Crippen LogP contribution in [0.3, 0.4) is 0 Å². The first-order valence-corrected chi connectivity index (χ1v) is 6.18. The molecule has 3 nitrogen and oxygen atoms in total. The van der Waals surface area contributed by atoms with Crippen molar-refractivity contribution in [2.24, 2.45) is 0 Å². The lowest BCUT2D eigenvalue weighted by Gasteiger charge is -2.20. The van der Waals surface area contributed by atoms with Crippen LogP contribution >= 0.6 is 0 Å². The Labute approximate surface area is 102 Å². The molecule has 2 rings (SSSR count). The molecule has 0 aromatic heterocycles. The maximum atomic E-state index is 11.3. The monoisotopic (exact) mass is 233 g/mol. The minimum Gasteiger partial charge on any atom is -0.508 e. The second kappa shape index (κ2) is 4.88. The summed E-state index contributed by atoms with van der Waals surface area (Å²) in [4.78, 5) is 13.7. The number of Topliss-reactive ketones (excluding diaryl/α,β-unsaturated/α-hetero) is 1. The van der Waals surface area contributed by atoms with Gasteiger partial charge in [0.2, 0.25) is 0 Å². The van der Waals surface area contributed by atoms with E-state index in [0.717, 1.165) is 18.7 Å². The molecule has 0 heterocycles. The zero-order chi connectivity index (χ0) is 12.4. The standard InChI is InChI=1S/C14H19NO2/c1-3-15(13-5-6-13)9-12-8-11(10(2)16)4-7-14(12)17/h4,7-8,13,17H,3,5-6,9H2,1-2H3. The number of ketones is 1. The van der Waals surface area contributed by atoms with Crippen molar-refractivity contribution >= 4 is 5.78 Å². The van der Waals surface area contributed by atoms with Gasteiger partial charge < -0.3 is 5.11 Å². The van der Waals surface area contributed by atoms with E-state index in [9.17, 15) is 9.90 Å². The predicted octanol–water partition coefficient (Wildman–Crippen LogP) is 2.58. The number of phenolic OH excluding ortho intramolecular Hbond substituents is 1. The molecule has 0 saturated heterocycles. The van der Waals surface area contributed by atoms with Gasteiger partial charge in [-0.15, -0.1) is 0 Å². The lowest BCUT2D eigenvalue weighted by atomic mass is 10.1. The zero-order valence-electron chi connectivity index (χ0n) is 10.4. The van der Waals surface area contributed by atoms with Gasteiger partial charge in [-0.3, -0.25) is 9.69 Å². The largest absolute Gasteiger partial charge is 0.508 e. The number of hydrogen-bond acceptors (Lipinski definition) is 3. The van der Waals surface area contributed by atoms with Crippen molar-refractivity contribution in [1.82, 2.24) is 4.90 Å². The van der Waals surface area contributed by atoms with E-state index in [2.05, 4.69) is 11.8 Å². The normalized spacial score (nSPS) is 15.2. The van der Waals surface area contributed by atoms with Gasteiger partial charge in [-0.25, -0.2) is 0 Å². The Morgan fingerprint density at radius 2 is 2.18 bits per heavy atom. The third-order valence-corrected chi connectivity index (χ3v) is 3.33. The molecule has 1 aliphatic carbocycles. The third-order valence-electron chi connectivity index (χ3n) is 3.33. The molecule has 0 unspecified atom stereocenters. The number of aromatic hydroxyl groups is 1. The molecule has 1 N–H and O–H groups in total. The molecule has 3 heteroatoms. The first-order chi connectivity index (χ1) is 8.11. The fourth-order valence-corrected chi connectivity index (χ4v) is 2.09. The first kappa shape index (κ1) is 12.1. The highest BCUT2D eigenvalue weighted by Gasteiger charge is 2.28. The number of rotatable bonds is 5. The van der Waals surface area contributed by atoms with Crippen molar-refractivity contribution in [1.29, 1.82) is 0 Å². The van der Waals surface area contributed by atoms with E-state index in [4.69, 9.17) is 0 Å². The van der Waals surface area contributed by atoms with E-state index in [0.29, 0.717) is 11.6 Å². The highest BCUT2D eigenvalue weighted by molar-refractivity contribution is 5.94. The number of phenols is 1. The van der Waals surface area contributed by atoms with E-state index < -0.39 is 0 Å². The second-order valence-corrected chi connectivity index (χ2v) is 4.69. The summed E-state index contributed by atoms with van der Waals surface area (Å²) in [5, 5.41) is 9.83. The van der Waals surface area contributed by atoms with Gasteiger partial charge in [0, 0.05) is 23.7 Å². The summed E-state index contributed by atoms with van der Waals surface area (Å²) in [5.74, 6) is 0.329. The quantitative estimate of drug-likeness (QED) is 0.795. The summed E-state index contributed by atoms with van der Waals surface area (Å²) >= 11 is 0. The predicted molar refractivity (Wildman–Crippen MR) is 67.2 cm³/mol. The maximum absolute atomic E-state index is 11.3. The number of benzene rings is 1. The number of nitrogens with zero attached hydrogens (tertiary/aromatic N) is 1. The minimum atomic E-state index is 0.0423.